The third-order valence-electron chi connectivity index (χ3n) is 3.17. The highest BCUT2D eigenvalue weighted by Gasteiger charge is 2.11. The van der Waals surface area contributed by atoms with Gasteiger partial charge >= 0.3 is 0 Å². The number of aromatic nitrogens is 2. The summed E-state index contributed by atoms with van der Waals surface area (Å²) in [6.45, 7) is 4.02. The second-order valence-electron chi connectivity index (χ2n) is 4.67. The quantitative estimate of drug-likeness (QED) is 0.720. The van der Waals surface area contributed by atoms with Crippen LogP contribution in [0.2, 0.25) is 0 Å². The first kappa shape index (κ1) is 14.5. The maximum Gasteiger partial charge on any atom is 0.259 e. The van der Waals surface area contributed by atoms with Crippen LogP contribution in [0.3, 0.4) is 0 Å². The second kappa shape index (κ2) is 6.15. The van der Waals surface area contributed by atoms with Gasteiger partial charge in [-0.2, -0.15) is 0 Å². The second-order valence-corrected chi connectivity index (χ2v) is 5.59. The van der Waals surface area contributed by atoms with Crippen LogP contribution < -0.4 is 10.3 Å². The van der Waals surface area contributed by atoms with Gasteiger partial charge in [0.15, 0.2) is 0 Å². The van der Waals surface area contributed by atoms with Crippen molar-refractivity contribution in [1.29, 1.82) is 0 Å². The molecule has 1 heterocycles. The molecule has 0 bridgehead atoms. The van der Waals surface area contributed by atoms with Gasteiger partial charge in [0.2, 0.25) is 0 Å². The Morgan fingerprint density at radius 3 is 2.91 bits per heavy atom. The highest BCUT2D eigenvalue weighted by Crippen LogP contribution is 2.30. The van der Waals surface area contributed by atoms with E-state index < -0.39 is 0 Å². The van der Waals surface area contributed by atoms with Gasteiger partial charge in [-0.25, -0.2) is 4.98 Å². The summed E-state index contributed by atoms with van der Waals surface area (Å²) in [5.74, 6) is 1.12. The minimum Gasteiger partial charge on any atom is -0.489 e. The smallest absolute Gasteiger partial charge is 0.259 e. The number of hydrogen-bond donors (Lipinski definition) is 1. The van der Waals surface area contributed by atoms with E-state index in [1.807, 2.05) is 36.4 Å². The van der Waals surface area contributed by atoms with Crippen LogP contribution in [0.5, 0.6) is 5.75 Å². The summed E-state index contributed by atoms with van der Waals surface area (Å²) in [5.41, 5.74) is 1.20. The normalized spacial score (nSPS) is 10.6. The summed E-state index contributed by atoms with van der Waals surface area (Å²) >= 11 is 3.43. The van der Waals surface area contributed by atoms with E-state index in [0.717, 1.165) is 10.0 Å². The molecule has 22 heavy (non-hydrogen) atoms. The van der Waals surface area contributed by atoms with E-state index in [9.17, 15) is 4.79 Å². The zero-order chi connectivity index (χ0) is 15.5. The monoisotopic (exact) mass is 356 g/mol. The molecule has 0 atom stereocenters. The van der Waals surface area contributed by atoms with Gasteiger partial charge in [0, 0.05) is 4.47 Å². The van der Waals surface area contributed by atoms with Gasteiger partial charge in [-0.3, -0.25) is 4.79 Å². The van der Waals surface area contributed by atoms with Crippen molar-refractivity contribution in [2.45, 2.75) is 0 Å². The fourth-order valence-electron chi connectivity index (χ4n) is 2.18. The Kier molecular flexibility index (Phi) is 4.06. The van der Waals surface area contributed by atoms with Crippen LogP contribution in [0.4, 0.5) is 0 Å². The molecular formula is C17H13BrN2O2. The number of nitrogens with one attached hydrogen (secondary N) is 1. The molecule has 110 valence electrons. The third-order valence-corrected chi connectivity index (χ3v) is 3.66. The first-order valence-electron chi connectivity index (χ1n) is 6.71. The first-order chi connectivity index (χ1) is 10.7. The fraction of sp³-hybridized carbons (Fsp3) is 0.0588. The molecule has 0 aliphatic rings. The van der Waals surface area contributed by atoms with Crippen molar-refractivity contribution < 1.29 is 4.74 Å². The average molecular weight is 357 g/mol. The lowest BCUT2D eigenvalue weighted by atomic mass is 10.1. The van der Waals surface area contributed by atoms with Crippen molar-refractivity contribution in [3.05, 3.63) is 69.9 Å². The van der Waals surface area contributed by atoms with E-state index in [0.29, 0.717) is 29.1 Å². The number of rotatable bonds is 4. The maximum atomic E-state index is 12.2. The van der Waals surface area contributed by atoms with Crippen LogP contribution >= 0.6 is 15.9 Å². The zero-order valence-corrected chi connectivity index (χ0v) is 13.3. The molecule has 0 unspecified atom stereocenters. The van der Waals surface area contributed by atoms with E-state index in [4.69, 9.17) is 4.74 Å². The number of aromatic amines is 1. The van der Waals surface area contributed by atoms with Gasteiger partial charge in [-0.1, -0.05) is 40.7 Å². The van der Waals surface area contributed by atoms with E-state index >= 15 is 0 Å². The zero-order valence-electron chi connectivity index (χ0n) is 11.7. The summed E-state index contributed by atoms with van der Waals surface area (Å²) < 4.78 is 6.53. The van der Waals surface area contributed by atoms with E-state index in [1.165, 1.54) is 0 Å². The fourth-order valence-corrected chi connectivity index (χ4v) is 2.54. The van der Waals surface area contributed by atoms with Gasteiger partial charge in [0.05, 0.1) is 16.5 Å². The number of benzene rings is 2. The predicted octanol–water partition coefficient (Wildman–Crippen LogP) is 3.92. The standard InChI is InChI=1S/C17H13BrN2O2/c1-2-9-22-15-8-7-11(18)10-13(15)16-19-14-6-4-3-5-12(14)17(21)20-16/h2-8,10H,1,9H2,(H,19,20,21). The van der Waals surface area contributed by atoms with Crippen molar-refractivity contribution in [3.8, 4) is 17.1 Å². The van der Waals surface area contributed by atoms with Gasteiger partial charge in [-0.05, 0) is 30.3 Å². The molecule has 3 aromatic rings. The van der Waals surface area contributed by atoms with Crippen LogP contribution in [0.1, 0.15) is 0 Å². The molecule has 0 spiro atoms. The summed E-state index contributed by atoms with van der Waals surface area (Å²) in [5, 5.41) is 0.565. The molecule has 0 amide bonds. The Balaban J connectivity index is 2.20. The lowest BCUT2D eigenvalue weighted by molar-refractivity contribution is 0.364. The molecule has 0 aliphatic carbocycles. The van der Waals surface area contributed by atoms with E-state index in [1.54, 1.807) is 12.1 Å². The molecule has 0 saturated heterocycles. The molecule has 1 aromatic heterocycles. The number of ether oxygens (including phenoxy) is 1. The molecule has 3 rings (SSSR count). The summed E-state index contributed by atoms with van der Waals surface area (Å²) in [4.78, 5) is 19.6. The summed E-state index contributed by atoms with van der Waals surface area (Å²) in [7, 11) is 0. The molecule has 0 radical (unpaired) electrons. The maximum absolute atomic E-state index is 12.2. The molecular weight excluding hydrogens is 344 g/mol. The Morgan fingerprint density at radius 2 is 2.09 bits per heavy atom. The van der Waals surface area contributed by atoms with E-state index in [-0.39, 0.29) is 5.56 Å². The van der Waals surface area contributed by atoms with Crippen LogP contribution in [-0.2, 0) is 0 Å². The SMILES string of the molecule is C=CCOc1ccc(Br)cc1-c1nc2ccccc2c(=O)[nH]1. The van der Waals surface area contributed by atoms with Crippen LogP contribution in [0.15, 0.2) is 64.4 Å². The Labute approximate surface area is 135 Å². The van der Waals surface area contributed by atoms with Gasteiger partial charge in [0.25, 0.3) is 5.56 Å². The van der Waals surface area contributed by atoms with Crippen LogP contribution in [-0.4, -0.2) is 16.6 Å². The molecule has 0 fully saturated rings. The van der Waals surface area contributed by atoms with Crippen molar-refractivity contribution in [1.82, 2.24) is 9.97 Å². The summed E-state index contributed by atoms with van der Waals surface area (Å²) in [6, 6.07) is 12.8. The van der Waals surface area contributed by atoms with Crippen molar-refractivity contribution in [2.75, 3.05) is 6.61 Å². The van der Waals surface area contributed by atoms with Crippen LogP contribution in [0, 0.1) is 0 Å². The molecule has 5 heteroatoms. The first-order valence-corrected chi connectivity index (χ1v) is 7.51. The minimum atomic E-state index is -0.171. The van der Waals surface area contributed by atoms with E-state index in [2.05, 4.69) is 32.5 Å². The molecule has 2 aromatic carbocycles. The number of fused-ring (bicyclic) bond motifs is 1. The highest BCUT2D eigenvalue weighted by atomic mass is 79.9. The number of hydrogen-bond acceptors (Lipinski definition) is 3. The van der Waals surface area contributed by atoms with Gasteiger partial charge in [0.1, 0.15) is 18.2 Å². The number of halogens is 1. The Bertz CT molecular complexity index is 903. The van der Waals surface area contributed by atoms with Crippen molar-refractivity contribution >= 4 is 26.8 Å². The predicted molar refractivity (Wildman–Crippen MR) is 91.2 cm³/mol. The summed E-state index contributed by atoms with van der Waals surface area (Å²) in [6.07, 6.45) is 1.67. The van der Waals surface area contributed by atoms with Crippen molar-refractivity contribution in [3.63, 3.8) is 0 Å². The largest absolute Gasteiger partial charge is 0.489 e. The minimum absolute atomic E-state index is 0.171. The topological polar surface area (TPSA) is 55.0 Å². The molecule has 0 saturated carbocycles. The molecule has 0 aliphatic heterocycles. The Hall–Kier alpha value is -2.40. The highest BCUT2D eigenvalue weighted by molar-refractivity contribution is 9.10. The lowest BCUT2D eigenvalue weighted by Gasteiger charge is -2.10. The van der Waals surface area contributed by atoms with Crippen LogP contribution in [0.25, 0.3) is 22.3 Å². The van der Waals surface area contributed by atoms with Gasteiger partial charge in [-0.15, -0.1) is 0 Å². The Morgan fingerprint density at radius 1 is 1.27 bits per heavy atom. The lowest BCUT2D eigenvalue weighted by Crippen LogP contribution is -2.10. The molecule has 1 N–H and O–H groups in total. The number of H-pyrrole nitrogens is 1. The number of nitrogens with zero attached hydrogens (tertiary/aromatic N) is 1. The number of para-hydroxylation sites is 1. The van der Waals surface area contributed by atoms with Crippen molar-refractivity contribution in [2.24, 2.45) is 0 Å². The molecule has 4 nitrogen and oxygen atoms in total. The third kappa shape index (κ3) is 2.80. The van der Waals surface area contributed by atoms with Gasteiger partial charge < -0.3 is 9.72 Å². The average Bonchev–Trinajstić information content (AvgIpc) is 2.53.